The first kappa shape index (κ1) is 23.1. The highest BCUT2D eigenvalue weighted by atomic mass is 31.1. The van der Waals surface area contributed by atoms with E-state index in [-0.39, 0.29) is 0 Å². The van der Waals surface area contributed by atoms with Gasteiger partial charge in [-0.3, -0.25) is 4.57 Å². The summed E-state index contributed by atoms with van der Waals surface area (Å²) in [5, 5.41) is 0. The van der Waals surface area contributed by atoms with E-state index in [2.05, 4.69) is 6.92 Å². The molecule has 0 bridgehead atoms. The van der Waals surface area contributed by atoms with Crippen LogP contribution < -0.4 is 0 Å². The number of hydrogen-bond donors (Lipinski definition) is 1. The average molecular weight is 349 g/mol. The van der Waals surface area contributed by atoms with E-state index in [1.165, 1.54) is 83.5 Å². The molecule has 0 aliphatic carbocycles. The van der Waals surface area contributed by atoms with Gasteiger partial charge in [0.1, 0.15) is 0 Å². The number of rotatable bonds is 17. The highest BCUT2D eigenvalue weighted by molar-refractivity contribution is 7.32. The second kappa shape index (κ2) is 15.7. The van der Waals surface area contributed by atoms with Crippen molar-refractivity contribution >= 4 is 8.25 Å². The van der Waals surface area contributed by atoms with Gasteiger partial charge in [-0.1, -0.05) is 96.8 Å². The van der Waals surface area contributed by atoms with Crippen molar-refractivity contribution in [2.24, 2.45) is 0 Å². The predicted octanol–water partition coefficient (Wildman–Crippen LogP) is 7.04. The molecule has 4 heteroatoms. The van der Waals surface area contributed by atoms with Crippen molar-refractivity contribution in [2.45, 2.75) is 123 Å². The molecule has 0 saturated carbocycles. The Morgan fingerprint density at radius 1 is 0.739 bits per heavy atom. The fraction of sp³-hybridized carbons (Fsp3) is 1.00. The molecular formula is C19H41O3P. The maximum atomic E-state index is 10.7. The minimum Gasteiger partial charge on any atom is -0.326 e. The van der Waals surface area contributed by atoms with Crippen LogP contribution in [0, 0.1) is 0 Å². The molecule has 1 atom stereocenters. The van der Waals surface area contributed by atoms with Crippen molar-refractivity contribution < 1.29 is 14.0 Å². The van der Waals surface area contributed by atoms with Gasteiger partial charge >= 0.3 is 8.25 Å². The van der Waals surface area contributed by atoms with E-state index in [4.69, 9.17) is 9.42 Å². The van der Waals surface area contributed by atoms with E-state index < -0.39 is 13.9 Å². The molecule has 0 aromatic carbocycles. The van der Waals surface area contributed by atoms with Gasteiger partial charge in [0.25, 0.3) is 0 Å². The van der Waals surface area contributed by atoms with Crippen LogP contribution in [0.5, 0.6) is 0 Å². The summed E-state index contributed by atoms with van der Waals surface area (Å²) in [6.07, 6.45) is 19.8. The third kappa shape index (κ3) is 18.3. The van der Waals surface area contributed by atoms with Crippen LogP contribution in [-0.4, -0.2) is 10.5 Å². The van der Waals surface area contributed by atoms with Gasteiger partial charge < -0.3 is 9.42 Å². The van der Waals surface area contributed by atoms with Crippen LogP contribution in [0.15, 0.2) is 0 Å². The Labute approximate surface area is 145 Å². The molecule has 0 aromatic rings. The lowest BCUT2D eigenvalue weighted by Crippen LogP contribution is -2.20. The maximum Gasteiger partial charge on any atom is 0.317 e. The molecule has 23 heavy (non-hydrogen) atoms. The Balaban J connectivity index is 3.20. The quantitative estimate of drug-likeness (QED) is 0.226. The molecule has 0 fully saturated rings. The van der Waals surface area contributed by atoms with Crippen molar-refractivity contribution in [1.82, 2.24) is 0 Å². The Kier molecular flexibility index (Phi) is 15.8. The Hall–Kier alpha value is 0.150. The van der Waals surface area contributed by atoms with Crippen LogP contribution in [0.4, 0.5) is 0 Å². The maximum absolute atomic E-state index is 10.7. The van der Waals surface area contributed by atoms with Crippen molar-refractivity contribution in [1.29, 1.82) is 0 Å². The van der Waals surface area contributed by atoms with Crippen LogP contribution in [0.3, 0.4) is 0 Å². The first-order chi connectivity index (χ1) is 11.0. The van der Waals surface area contributed by atoms with Crippen LogP contribution in [0.25, 0.3) is 0 Å². The van der Waals surface area contributed by atoms with Crippen LogP contribution in [-0.2, 0) is 9.09 Å². The highest BCUT2D eigenvalue weighted by Gasteiger charge is 2.19. The molecule has 0 amide bonds. The Bertz CT molecular complexity index is 280. The third-order valence-electron chi connectivity index (χ3n) is 4.50. The standard InChI is InChI=1S/C19H41O3P/c1-4-5-6-7-8-9-10-11-12-13-14-15-16-17-18-19(2,3)22-23(20)21/h23H,4-18H2,1-3H3,(H,20,21). The van der Waals surface area contributed by atoms with Crippen molar-refractivity contribution in [3.05, 3.63) is 0 Å². The zero-order valence-corrected chi connectivity index (χ0v) is 16.9. The van der Waals surface area contributed by atoms with Crippen LogP contribution in [0.1, 0.15) is 117 Å². The summed E-state index contributed by atoms with van der Waals surface area (Å²) in [6.45, 7) is 6.06. The lowest BCUT2D eigenvalue weighted by molar-refractivity contribution is 0.0910. The molecule has 0 spiro atoms. The molecule has 0 saturated heterocycles. The van der Waals surface area contributed by atoms with Gasteiger partial charge in [-0.25, -0.2) is 0 Å². The summed E-state index contributed by atoms with van der Waals surface area (Å²) in [6, 6.07) is 0. The smallest absolute Gasteiger partial charge is 0.317 e. The fourth-order valence-corrected chi connectivity index (χ4v) is 3.61. The van der Waals surface area contributed by atoms with E-state index in [0.717, 1.165) is 12.8 Å². The second-order valence-electron chi connectivity index (χ2n) is 7.47. The minimum atomic E-state index is -2.81. The topological polar surface area (TPSA) is 46.5 Å². The van der Waals surface area contributed by atoms with Crippen LogP contribution in [0.2, 0.25) is 0 Å². The second-order valence-corrected chi connectivity index (χ2v) is 8.21. The normalized spacial score (nSPS) is 13.4. The monoisotopic (exact) mass is 348 g/mol. The fourth-order valence-electron chi connectivity index (χ4n) is 3.03. The largest absolute Gasteiger partial charge is 0.326 e. The summed E-state index contributed by atoms with van der Waals surface area (Å²) < 4.78 is 15.8. The molecule has 0 radical (unpaired) electrons. The predicted molar refractivity (Wildman–Crippen MR) is 101 cm³/mol. The van der Waals surface area contributed by atoms with E-state index in [9.17, 15) is 4.57 Å². The van der Waals surface area contributed by atoms with Gasteiger partial charge in [-0.2, -0.15) is 0 Å². The highest BCUT2D eigenvalue weighted by Crippen LogP contribution is 2.29. The Morgan fingerprint density at radius 2 is 1.09 bits per heavy atom. The minimum absolute atomic E-state index is 0.456. The van der Waals surface area contributed by atoms with Crippen molar-refractivity contribution in [2.75, 3.05) is 0 Å². The molecule has 0 rings (SSSR count). The first-order valence-electron chi connectivity index (χ1n) is 9.90. The van der Waals surface area contributed by atoms with Gasteiger partial charge in [-0.05, 0) is 20.3 Å². The SMILES string of the molecule is CCCCCCCCCCCCCCCCC(C)(C)O[PH](=O)O. The van der Waals surface area contributed by atoms with Crippen LogP contribution >= 0.6 is 8.25 Å². The molecular weight excluding hydrogens is 307 g/mol. The van der Waals surface area contributed by atoms with Gasteiger partial charge in [0, 0.05) is 0 Å². The zero-order valence-electron chi connectivity index (χ0n) is 15.9. The van der Waals surface area contributed by atoms with E-state index >= 15 is 0 Å². The third-order valence-corrected chi connectivity index (χ3v) is 5.22. The lowest BCUT2D eigenvalue weighted by Gasteiger charge is -2.23. The van der Waals surface area contributed by atoms with E-state index in [1.807, 2.05) is 13.8 Å². The average Bonchev–Trinajstić information content (AvgIpc) is 2.46. The first-order valence-corrected chi connectivity index (χ1v) is 11.2. The molecule has 140 valence electrons. The van der Waals surface area contributed by atoms with E-state index in [0.29, 0.717) is 0 Å². The number of unbranched alkanes of at least 4 members (excludes halogenated alkanes) is 13. The Morgan fingerprint density at radius 3 is 1.43 bits per heavy atom. The van der Waals surface area contributed by atoms with Gasteiger partial charge in [0.15, 0.2) is 0 Å². The molecule has 0 heterocycles. The van der Waals surface area contributed by atoms with E-state index in [1.54, 1.807) is 0 Å². The molecule has 0 aromatic heterocycles. The van der Waals surface area contributed by atoms with Gasteiger partial charge in [0.05, 0.1) is 5.60 Å². The molecule has 0 aliphatic heterocycles. The van der Waals surface area contributed by atoms with Crippen molar-refractivity contribution in [3.63, 3.8) is 0 Å². The summed E-state index contributed by atoms with van der Waals surface area (Å²) in [4.78, 5) is 8.83. The molecule has 0 aliphatic rings. The summed E-state index contributed by atoms with van der Waals surface area (Å²) in [7, 11) is -2.81. The molecule has 1 unspecified atom stereocenters. The van der Waals surface area contributed by atoms with Gasteiger partial charge in [0.2, 0.25) is 0 Å². The zero-order chi connectivity index (χ0) is 17.4. The van der Waals surface area contributed by atoms with Gasteiger partial charge in [-0.15, -0.1) is 0 Å². The number of hydrogen-bond acceptors (Lipinski definition) is 2. The molecule has 3 nitrogen and oxygen atoms in total. The summed E-state index contributed by atoms with van der Waals surface area (Å²) in [5.74, 6) is 0. The summed E-state index contributed by atoms with van der Waals surface area (Å²) >= 11 is 0. The lowest BCUT2D eigenvalue weighted by atomic mass is 9.99. The van der Waals surface area contributed by atoms with Crippen molar-refractivity contribution in [3.8, 4) is 0 Å². The molecule has 1 N–H and O–H groups in total. The summed E-state index contributed by atoms with van der Waals surface area (Å²) in [5.41, 5.74) is -0.456.